The van der Waals surface area contributed by atoms with Gasteiger partial charge in [0.1, 0.15) is 18.5 Å². The van der Waals surface area contributed by atoms with Crippen molar-refractivity contribution in [2.45, 2.75) is 6.10 Å². The number of nitrogens with zero attached hydrogens (tertiary/aromatic N) is 1. The molecule has 2 N–H and O–H groups in total. The first-order chi connectivity index (χ1) is 12.9. The summed E-state index contributed by atoms with van der Waals surface area (Å²) in [6.45, 7) is 0.121. The molecule has 0 fully saturated rings. The lowest BCUT2D eigenvalue weighted by Gasteiger charge is -2.20. The molecule has 0 aliphatic carbocycles. The second kappa shape index (κ2) is 10.1. The third kappa shape index (κ3) is 6.71. The Labute approximate surface area is 162 Å². The molecular weight excluding hydrogens is 375 g/mol. The average Bonchev–Trinajstić information content (AvgIpc) is 2.61. The van der Waals surface area contributed by atoms with Crippen LogP contribution < -0.4 is 14.8 Å². The molecule has 1 unspecified atom stereocenters. The third-order valence-electron chi connectivity index (χ3n) is 3.64. The van der Waals surface area contributed by atoms with Crippen molar-refractivity contribution in [1.29, 1.82) is 0 Å². The lowest BCUT2D eigenvalue weighted by Crippen LogP contribution is -2.37. The van der Waals surface area contributed by atoms with Crippen molar-refractivity contribution in [2.75, 3.05) is 39.2 Å². The first-order valence-electron chi connectivity index (χ1n) is 8.26. The molecule has 6 nitrogen and oxygen atoms in total. The number of hydrogen-bond donors (Lipinski definition) is 2. The van der Waals surface area contributed by atoms with E-state index in [1.165, 1.54) is 19.2 Å². The number of benzene rings is 2. The van der Waals surface area contributed by atoms with Gasteiger partial charge in [-0.2, -0.15) is 0 Å². The van der Waals surface area contributed by atoms with Crippen LogP contribution in [0, 0.1) is 5.82 Å². The van der Waals surface area contributed by atoms with Crippen molar-refractivity contribution >= 4 is 23.2 Å². The molecule has 0 saturated carbocycles. The summed E-state index contributed by atoms with van der Waals surface area (Å²) >= 11 is 5.94. The van der Waals surface area contributed by atoms with Crippen molar-refractivity contribution in [3.63, 3.8) is 0 Å². The van der Waals surface area contributed by atoms with Crippen molar-refractivity contribution in [1.82, 2.24) is 4.90 Å². The van der Waals surface area contributed by atoms with E-state index in [1.807, 2.05) is 0 Å². The molecule has 0 aromatic heterocycles. The molecule has 1 amide bonds. The number of carbonyl (C=O) groups excluding carboxylic acids is 1. The molecule has 0 aliphatic heterocycles. The average molecular weight is 397 g/mol. The van der Waals surface area contributed by atoms with Crippen LogP contribution in [0.15, 0.2) is 42.5 Å². The van der Waals surface area contributed by atoms with Crippen molar-refractivity contribution in [2.24, 2.45) is 0 Å². The SMILES string of the molecule is COc1ccc(Cl)cc1NC(=O)CN(C)CC(O)COc1ccccc1F. The molecule has 2 rings (SSSR count). The zero-order chi connectivity index (χ0) is 19.8. The Bertz CT molecular complexity index is 775. The van der Waals surface area contributed by atoms with Gasteiger partial charge in [-0.3, -0.25) is 9.69 Å². The van der Waals surface area contributed by atoms with Crippen LogP contribution in [-0.4, -0.2) is 55.9 Å². The number of methoxy groups -OCH3 is 1. The quantitative estimate of drug-likeness (QED) is 0.682. The van der Waals surface area contributed by atoms with E-state index in [2.05, 4.69) is 5.32 Å². The van der Waals surface area contributed by atoms with Gasteiger partial charge in [-0.15, -0.1) is 0 Å². The van der Waals surface area contributed by atoms with E-state index >= 15 is 0 Å². The number of hydrogen-bond acceptors (Lipinski definition) is 5. The number of carbonyl (C=O) groups is 1. The topological polar surface area (TPSA) is 71.0 Å². The molecule has 146 valence electrons. The molecule has 0 bridgehead atoms. The fourth-order valence-corrected chi connectivity index (χ4v) is 2.61. The Morgan fingerprint density at radius 3 is 2.74 bits per heavy atom. The number of ether oxygens (including phenoxy) is 2. The lowest BCUT2D eigenvalue weighted by atomic mass is 10.3. The largest absolute Gasteiger partial charge is 0.495 e. The predicted molar refractivity (Wildman–Crippen MR) is 102 cm³/mol. The van der Waals surface area contributed by atoms with E-state index < -0.39 is 11.9 Å². The number of anilines is 1. The normalized spacial score (nSPS) is 11.9. The predicted octanol–water partition coefficient (Wildman–Crippen LogP) is 2.80. The molecule has 0 spiro atoms. The summed E-state index contributed by atoms with van der Waals surface area (Å²) in [5.74, 6) is -0.216. The first kappa shape index (κ1) is 21.0. The fraction of sp³-hybridized carbons (Fsp3) is 0.316. The number of para-hydroxylation sites is 1. The summed E-state index contributed by atoms with van der Waals surface area (Å²) in [6.07, 6.45) is -0.886. The number of aliphatic hydroxyl groups is 1. The van der Waals surface area contributed by atoms with E-state index in [4.69, 9.17) is 21.1 Å². The summed E-state index contributed by atoms with van der Waals surface area (Å²) in [5.41, 5.74) is 0.465. The van der Waals surface area contributed by atoms with Crippen molar-refractivity contribution < 1.29 is 23.8 Å². The molecule has 0 aliphatic rings. The molecular formula is C19H22ClFN2O4. The lowest BCUT2D eigenvalue weighted by molar-refractivity contribution is -0.117. The standard InChI is InChI=1S/C19H22ClFN2O4/c1-23(10-14(24)12-27-17-6-4-3-5-15(17)21)11-19(25)22-16-9-13(20)7-8-18(16)26-2/h3-9,14,24H,10-12H2,1-2H3,(H,22,25). The smallest absolute Gasteiger partial charge is 0.238 e. The molecule has 0 radical (unpaired) electrons. The Morgan fingerprint density at radius 2 is 2.04 bits per heavy atom. The van der Waals surface area contributed by atoms with Crippen LogP contribution in [0.2, 0.25) is 5.02 Å². The zero-order valence-electron chi connectivity index (χ0n) is 15.1. The molecule has 2 aromatic carbocycles. The minimum Gasteiger partial charge on any atom is -0.495 e. The van der Waals surface area contributed by atoms with Gasteiger partial charge < -0.3 is 19.9 Å². The molecule has 2 aromatic rings. The maximum atomic E-state index is 13.5. The molecule has 8 heteroatoms. The van der Waals surface area contributed by atoms with Gasteiger partial charge >= 0.3 is 0 Å². The summed E-state index contributed by atoms with van der Waals surface area (Å²) in [7, 11) is 3.18. The van der Waals surface area contributed by atoms with Gasteiger partial charge in [0.2, 0.25) is 5.91 Å². The van der Waals surface area contributed by atoms with Gasteiger partial charge in [0.25, 0.3) is 0 Å². The highest BCUT2D eigenvalue weighted by Crippen LogP contribution is 2.27. The third-order valence-corrected chi connectivity index (χ3v) is 3.87. The van der Waals surface area contributed by atoms with E-state index in [9.17, 15) is 14.3 Å². The molecule has 0 heterocycles. The Balaban J connectivity index is 1.80. The summed E-state index contributed by atoms with van der Waals surface area (Å²) in [5, 5.41) is 13.2. The van der Waals surface area contributed by atoms with E-state index in [1.54, 1.807) is 42.3 Å². The fourth-order valence-electron chi connectivity index (χ4n) is 2.44. The number of halogens is 2. The maximum absolute atomic E-state index is 13.5. The summed E-state index contributed by atoms with van der Waals surface area (Å²) in [6, 6.07) is 10.9. The second-order valence-electron chi connectivity index (χ2n) is 5.98. The molecule has 0 saturated heterocycles. The van der Waals surface area contributed by atoms with E-state index in [-0.39, 0.29) is 31.4 Å². The van der Waals surface area contributed by atoms with Crippen LogP contribution in [0.4, 0.5) is 10.1 Å². The molecule has 27 heavy (non-hydrogen) atoms. The van der Waals surface area contributed by atoms with Gasteiger partial charge in [-0.05, 0) is 37.4 Å². The highest BCUT2D eigenvalue weighted by molar-refractivity contribution is 6.31. The van der Waals surface area contributed by atoms with E-state index in [0.29, 0.717) is 16.5 Å². The van der Waals surface area contributed by atoms with Crippen LogP contribution in [0.5, 0.6) is 11.5 Å². The van der Waals surface area contributed by atoms with Gasteiger partial charge in [0.05, 0.1) is 19.3 Å². The minimum absolute atomic E-state index is 0.0342. The highest BCUT2D eigenvalue weighted by atomic mass is 35.5. The Kier molecular flexibility index (Phi) is 7.84. The first-order valence-corrected chi connectivity index (χ1v) is 8.64. The number of nitrogens with one attached hydrogen (secondary N) is 1. The summed E-state index contributed by atoms with van der Waals surface area (Å²) in [4.78, 5) is 13.8. The molecule has 1 atom stereocenters. The van der Waals surface area contributed by atoms with Crippen LogP contribution in [-0.2, 0) is 4.79 Å². The Hall–Kier alpha value is -2.35. The number of rotatable bonds is 9. The van der Waals surface area contributed by atoms with Crippen LogP contribution in [0.3, 0.4) is 0 Å². The second-order valence-corrected chi connectivity index (χ2v) is 6.42. The van der Waals surface area contributed by atoms with Crippen LogP contribution in [0.1, 0.15) is 0 Å². The van der Waals surface area contributed by atoms with Crippen LogP contribution >= 0.6 is 11.6 Å². The van der Waals surface area contributed by atoms with Gasteiger partial charge in [-0.25, -0.2) is 4.39 Å². The monoisotopic (exact) mass is 396 g/mol. The van der Waals surface area contributed by atoms with Crippen LogP contribution in [0.25, 0.3) is 0 Å². The van der Waals surface area contributed by atoms with E-state index in [0.717, 1.165) is 0 Å². The Morgan fingerprint density at radius 1 is 1.30 bits per heavy atom. The van der Waals surface area contributed by atoms with Gasteiger partial charge in [0.15, 0.2) is 11.6 Å². The van der Waals surface area contributed by atoms with Crippen molar-refractivity contribution in [3.05, 3.63) is 53.3 Å². The number of likely N-dealkylation sites (N-methyl/N-ethyl adjacent to an activating group) is 1. The number of amides is 1. The minimum atomic E-state index is -0.886. The summed E-state index contributed by atoms with van der Waals surface area (Å²) < 4.78 is 23.9. The van der Waals surface area contributed by atoms with Crippen molar-refractivity contribution in [3.8, 4) is 11.5 Å². The maximum Gasteiger partial charge on any atom is 0.238 e. The van der Waals surface area contributed by atoms with Gasteiger partial charge in [-0.1, -0.05) is 23.7 Å². The highest BCUT2D eigenvalue weighted by Gasteiger charge is 2.15. The van der Waals surface area contributed by atoms with Gasteiger partial charge in [0, 0.05) is 11.6 Å². The zero-order valence-corrected chi connectivity index (χ0v) is 15.9. The number of aliphatic hydroxyl groups excluding tert-OH is 1.